The number of carbonyl (C=O) groups is 2. The summed E-state index contributed by atoms with van der Waals surface area (Å²) in [7, 11) is 0. The number of hydrogen-bond donors (Lipinski definition) is 0. The Labute approximate surface area is 135 Å². The smallest absolute Gasteiger partial charge is 0.306 e. The molecular weight excluding hydrogens is 300 g/mol. The molecule has 0 unspecified atom stereocenters. The van der Waals surface area contributed by atoms with Gasteiger partial charge in [0.1, 0.15) is 6.54 Å². The SMILES string of the molecule is CCCOC(=O)CCC(=O)N(CC#N)c1ccc(SC)cc1. The first-order chi connectivity index (χ1) is 10.6. The molecule has 0 radical (unpaired) electrons. The molecule has 5 nitrogen and oxygen atoms in total. The maximum Gasteiger partial charge on any atom is 0.306 e. The molecule has 0 bridgehead atoms. The number of thioether (sulfide) groups is 1. The van der Waals surface area contributed by atoms with E-state index in [1.54, 1.807) is 23.9 Å². The number of esters is 1. The average Bonchev–Trinajstić information content (AvgIpc) is 2.55. The first-order valence-electron chi connectivity index (χ1n) is 7.09. The summed E-state index contributed by atoms with van der Waals surface area (Å²) in [5.74, 6) is -0.642. The Morgan fingerprint density at radius 3 is 2.50 bits per heavy atom. The van der Waals surface area contributed by atoms with Gasteiger partial charge in [-0.3, -0.25) is 14.5 Å². The number of anilines is 1. The first kappa shape index (κ1) is 18.1. The van der Waals surface area contributed by atoms with Gasteiger partial charge in [-0.15, -0.1) is 11.8 Å². The van der Waals surface area contributed by atoms with Crippen LogP contribution in [-0.2, 0) is 14.3 Å². The van der Waals surface area contributed by atoms with Crippen molar-refractivity contribution in [1.29, 1.82) is 5.26 Å². The second-order valence-corrected chi connectivity index (χ2v) is 5.44. The fourth-order valence-electron chi connectivity index (χ4n) is 1.79. The lowest BCUT2D eigenvalue weighted by molar-refractivity contribution is -0.144. The molecule has 6 heteroatoms. The summed E-state index contributed by atoms with van der Waals surface area (Å²) >= 11 is 1.60. The quantitative estimate of drug-likeness (QED) is 0.418. The van der Waals surface area contributed by atoms with E-state index in [-0.39, 0.29) is 31.3 Å². The predicted octanol–water partition coefficient (Wildman–Crippen LogP) is 3.00. The van der Waals surface area contributed by atoms with Crippen LogP contribution >= 0.6 is 11.8 Å². The van der Waals surface area contributed by atoms with E-state index in [1.165, 1.54) is 4.90 Å². The van der Waals surface area contributed by atoms with E-state index in [1.807, 2.05) is 31.4 Å². The lowest BCUT2D eigenvalue weighted by Crippen LogP contribution is -2.31. The van der Waals surface area contributed by atoms with E-state index < -0.39 is 0 Å². The number of hydrogen-bond acceptors (Lipinski definition) is 5. The maximum atomic E-state index is 12.2. The molecule has 0 spiro atoms. The van der Waals surface area contributed by atoms with Gasteiger partial charge in [-0.05, 0) is 36.9 Å². The van der Waals surface area contributed by atoms with Gasteiger partial charge in [-0.25, -0.2) is 0 Å². The Kier molecular flexibility index (Phi) is 8.08. The second kappa shape index (κ2) is 9.85. The lowest BCUT2D eigenvalue weighted by atomic mass is 10.2. The minimum atomic E-state index is -0.384. The fourth-order valence-corrected chi connectivity index (χ4v) is 2.20. The van der Waals surface area contributed by atoms with Crippen molar-refractivity contribution < 1.29 is 14.3 Å². The third-order valence-electron chi connectivity index (χ3n) is 2.92. The van der Waals surface area contributed by atoms with Gasteiger partial charge in [0.05, 0.1) is 19.1 Å². The Bertz CT molecular complexity index is 537. The normalized spacial score (nSPS) is 9.86. The molecule has 0 aromatic heterocycles. The van der Waals surface area contributed by atoms with Gasteiger partial charge in [0.15, 0.2) is 0 Å². The van der Waals surface area contributed by atoms with E-state index >= 15 is 0 Å². The van der Waals surface area contributed by atoms with Gasteiger partial charge >= 0.3 is 5.97 Å². The average molecular weight is 320 g/mol. The van der Waals surface area contributed by atoms with E-state index in [9.17, 15) is 9.59 Å². The number of amides is 1. The third-order valence-corrected chi connectivity index (χ3v) is 3.67. The van der Waals surface area contributed by atoms with Crippen LogP contribution in [0.4, 0.5) is 5.69 Å². The van der Waals surface area contributed by atoms with Crippen molar-refractivity contribution in [1.82, 2.24) is 0 Å². The van der Waals surface area contributed by atoms with Crippen LogP contribution in [0, 0.1) is 11.3 Å². The van der Waals surface area contributed by atoms with Crippen LogP contribution in [0.25, 0.3) is 0 Å². The van der Waals surface area contributed by atoms with E-state index in [0.29, 0.717) is 12.3 Å². The second-order valence-electron chi connectivity index (χ2n) is 4.56. The highest BCUT2D eigenvalue weighted by atomic mass is 32.2. The number of nitriles is 1. The number of benzene rings is 1. The fraction of sp³-hybridized carbons (Fsp3) is 0.438. The van der Waals surface area contributed by atoms with Crippen molar-refractivity contribution in [3.05, 3.63) is 24.3 Å². The van der Waals surface area contributed by atoms with Crippen molar-refractivity contribution in [2.24, 2.45) is 0 Å². The molecule has 0 fully saturated rings. The first-order valence-corrected chi connectivity index (χ1v) is 8.31. The summed E-state index contributed by atoms with van der Waals surface area (Å²) in [6, 6.07) is 9.38. The van der Waals surface area contributed by atoms with Crippen LogP contribution in [0.3, 0.4) is 0 Å². The van der Waals surface area contributed by atoms with Crippen molar-refractivity contribution in [3.8, 4) is 6.07 Å². The third kappa shape index (κ3) is 5.78. The number of carbonyl (C=O) groups excluding carboxylic acids is 2. The van der Waals surface area contributed by atoms with Gasteiger partial charge in [-0.2, -0.15) is 5.26 Å². The zero-order valence-corrected chi connectivity index (χ0v) is 13.7. The molecule has 1 rings (SSSR count). The molecule has 22 heavy (non-hydrogen) atoms. The van der Waals surface area contributed by atoms with E-state index in [2.05, 4.69) is 0 Å². The van der Waals surface area contributed by atoms with Crippen molar-refractivity contribution in [2.75, 3.05) is 24.3 Å². The minimum Gasteiger partial charge on any atom is -0.466 e. The Balaban J connectivity index is 2.67. The van der Waals surface area contributed by atoms with E-state index in [0.717, 1.165) is 11.3 Å². The van der Waals surface area contributed by atoms with Crippen LogP contribution in [0.5, 0.6) is 0 Å². The Hall–Kier alpha value is -2.00. The van der Waals surface area contributed by atoms with Crippen molar-refractivity contribution in [2.45, 2.75) is 31.1 Å². The molecular formula is C16H20N2O3S. The molecule has 0 saturated carbocycles. The largest absolute Gasteiger partial charge is 0.466 e. The topological polar surface area (TPSA) is 70.4 Å². The number of ether oxygens (including phenoxy) is 1. The van der Waals surface area contributed by atoms with Gasteiger partial charge < -0.3 is 4.74 Å². The highest BCUT2D eigenvalue weighted by Crippen LogP contribution is 2.21. The molecule has 0 saturated heterocycles. The summed E-state index contributed by atoms with van der Waals surface area (Å²) in [5.41, 5.74) is 0.659. The Morgan fingerprint density at radius 1 is 1.27 bits per heavy atom. The molecule has 0 aliphatic carbocycles. The molecule has 0 aliphatic heterocycles. The van der Waals surface area contributed by atoms with Gasteiger partial charge in [-0.1, -0.05) is 6.92 Å². The molecule has 1 aromatic carbocycles. The zero-order valence-electron chi connectivity index (χ0n) is 12.9. The van der Waals surface area contributed by atoms with Crippen LogP contribution in [0.1, 0.15) is 26.2 Å². The standard InChI is InChI=1S/C16H20N2O3S/c1-3-12-21-16(20)9-8-15(19)18(11-10-17)13-4-6-14(22-2)7-5-13/h4-7H,3,8-9,11-12H2,1-2H3. The summed E-state index contributed by atoms with van der Waals surface area (Å²) < 4.78 is 4.94. The van der Waals surface area contributed by atoms with Gasteiger partial charge in [0, 0.05) is 17.0 Å². The minimum absolute atomic E-state index is 0.0314. The summed E-state index contributed by atoms with van der Waals surface area (Å²) in [4.78, 5) is 26.1. The summed E-state index contributed by atoms with van der Waals surface area (Å²) in [6.45, 7) is 2.23. The zero-order chi connectivity index (χ0) is 16.4. The molecule has 0 aliphatic rings. The molecule has 0 atom stereocenters. The maximum absolute atomic E-state index is 12.2. The van der Waals surface area contributed by atoms with Crippen LogP contribution in [-0.4, -0.2) is 31.3 Å². The summed E-state index contributed by atoms with van der Waals surface area (Å²) in [6.07, 6.45) is 2.79. The molecule has 0 N–H and O–H groups in total. The number of rotatable bonds is 8. The Morgan fingerprint density at radius 2 is 1.95 bits per heavy atom. The monoisotopic (exact) mass is 320 g/mol. The van der Waals surface area contributed by atoms with Gasteiger partial charge in [0.25, 0.3) is 0 Å². The van der Waals surface area contributed by atoms with Crippen molar-refractivity contribution in [3.63, 3.8) is 0 Å². The lowest BCUT2D eigenvalue weighted by Gasteiger charge is -2.19. The molecule has 0 heterocycles. The highest BCUT2D eigenvalue weighted by molar-refractivity contribution is 7.98. The molecule has 1 aromatic rings. The summed E-state index contributed by atoms with van der Waals surface area (Å²) in [5, 5.41) is 8.90. The number of nitrogens with zero attached hydrogens (tertiary/aromatic N) is 2. The van der Waals surface area contributed by atoms with Crippen LogP contribution in [0.15, 0.2) is 29.2 Å². The molecule has 1 amide bonds. The molecule has 118 valence electrons. The highest BCUT2D eigenvalue weighted by Gasteiger charge is 2.17. The van der Waals surface area contributed by atoms with Crippen LogP contribution in [0.2, 0.25) is 0 Å². The predicted molar refractivity (Wildman–Crippen MR) is 86.7 cm³/mol. The van der Waals surface area contributed by atoms with Crippen LogP contribution < -0.4 is 4.90 Å². The van der Waals surface area contributed by atoms with Crippen molar-refractivity contribution >= 4 is 29.3 Å². The van der Waals surface area contributed by atoms with E-state index in [4.69, 9.17) is 10.00 Å². The van der Waals surface area contributed by atoms with Gasteiger partial charge in [0.2, 0.25) is 5.91 Å².